The Kier molecular flexibility index (Phi) is 4.67. The summed E-state index contributed by atoms with van der Waals surface area (Å²) in [5, 5.41) is 11.4. The van der Waals surface area contributed by atoms with Crippen molar-refractivity contribution in [1.29, 1.82) is 0 Å². The van der Waals surface area contributed by atoms with Crippen molar-refractivity contribution in [2.24, 2.45) is 11.8 Å². The molecule has 1 aliphatic rings. The van der Waals surface area contributed by atoms with Crippen LogP contribution < -0.4 is 5.32 Å². The molecular weight excluding hydrogens is 299 g/mol. The van der Waals surface area contributed by atoms with Crippen LogP contribution in [0.15, 0.2) is 18.2 Å². The van der Waals surface area contributed by atoms with Crippen LogP contribution in [0.1, 0.15) is 13.3 Å². The molecule has 1 saturated heterocycles. The molecule has 1 heterocycles. The average molecular weight is 315 g/mol. The van der Waals surface area contributed by atoms with E-state index in [1.807, 2.05) is 6.92 Å². The third-order valence-electron chi connectivity index (χ3n) is 3.49. The van der Waals surface area contributed by atoms with E-state index in [4.69, 9.17) is 16.7 Å². The molecule has 0 saturated carbocycles. The van der Waals surface area contributed by atoms with Gasteiger partial charge in [-0.15, -0.1) is 0 Å². The number of likely N-dealkylation sites (tertiary alicyclic amines) is 1. The fourth-order valence-corrected chi connectivity index (χ4v) is 2.67. The molecule has 0 spiro atoms. The Balaban J connectivity index is 2.09. The molecule has 2 rings (SSSR count). The minimum Gasteiger partial charge on any atom is -0.481 e. The smallest absolute Gasteiger partial charge is 0.321 e. The maximum atomic E-state index is 13.8. The van der Waals surface area contributed by atoms with Crippen molar-refractivity contribution in [1.82, 2.24) is 4.90 Å². The summed E-state index contributed by atoms with van der Waals surface area (Å²) in [6.07, 6.45) is 0.532. The van der Waals surface area contributed by atoms with E-state index >= 15 is 0 Å². The van der Waals surface area contributed by atoms with Crippen LogP contribution in [0.25, 0.3) is 0 Å². The fourth-order valence-electron chi connectivity index (χ4n) is 2.49. The highest BCUT2D eigenvalue weighted by Gasteiger charge is 2.32. The number of amides is 2. The number of anilines is 1. The standard InChI is InChI=1S/C14H16ClFN2O3/c1-8-5-9(13(19)20)7-18(6-8)14(21)17-11-4-2-3-10(15)12(11)16/h2-4,8-9H,5-7H2,1H3,(H,17,21)(H,19,20). The van der Waals surface area contributed by atoms with E-state index in [0.717, 1.165) is 0 Å². The second-order valence-electron chi connectivity index (χ2n) is 5.31. The molecule has 1 aromatic rings. The lowest BCUT2D eigenvalue weighted by Crippen LogP contribution is -2.47. The minimum atomic E-state index is -0.923. The Morgan fingerprint density at radius 2 is 2.14 bits per heavy atom. The van der Waals surface area contributed by atoms with Gasteiger partial charge in [0.25, 0.3) is 0 Å². The Bertz CT molecular complexity index is 567. The number of hydrogen-bond donors (Lipinski definition) is 2. The number of aliphatic carboxylic acids is 1. The van der Waals surface area contributed by atoms with E-state index in [1.54, 1.807) is 0 Å². The molecule has 114 valence electrons. The second kappa shape index (κ2) is 6.30. The van der Waals surface area contributed by atoms with Crippen LogP contribution in [0.4, 0.5) is 14.9 Å². The number of urea groups is 1. The van der Waals surface area contributed by atoms with Gasteiger partial charge in [0.05, 0.1) is 16.6 Å². The molecule has 2 unspecified atom stereocenters. The molecule has 2 N–H and O–H groups in total. The maximum absolute atomic E-state index is 13.8. The number of carboxylic acids is 1. The summed E-state index contributed by atoms with van der Waals surface area (Å²) in [6, 6.07) is 3.80. The largest absolute Gasteiger partial charge is 0.481 e. The van der Waals surface area contributed by atoms with E-state index in [9.17, 15) is 14.0 Å². The van der Waals surface area contributed by atoms with Crippen molar-refractivity contribution in [2.45, 2.75) is 13.3 Å². The SMILES string of the molecule is CC1CC(C(=O)O)CN(C(=O)Nc2cccc(Cl)c2F)C1. The number of rotatable bonds is 2. The second-order valence-corrected chi connectivity index (χ2v) is 5.72. The zero-order chi connectivity index (χ0) is 15.6. The zero-order valence-electron chi connectivity index (χ0n) is 11.5. The van der Waals surface area contributed by atoms with Crippen LogP contribution in [0.3, 0.4) is 0 Å². The van der Waals surface area contributed by atoms with Crippen molar-refractivity contribution in [2.75, 3.05) is 18.4 Å². The number of benzene rings is 1. The fraction of sp³-hybridized carbons (Fsp3) is 0.429. The summed E-state index contributed by atoms with van der Waals surface area (Å²) in [5.41, 5.74) is -0.0161. The molecule has 1 aliphatic heterocycles. The first kappa shape index (κ1) is 15.6. The Morgan fingerprint density at radius 3 is 2.81 bits per heavy atom. The summed E-state index contributed by atoms with van der Waals surface area (Å²) in [5.74, 6) is -2.14. The average Bonchev–Trinajstić information content (AvgIpc) is 2.43. The zero-order valence-corrected chi connectivity index (χ0v) is 12.2. The quantitative estimate of drug-likeness (QED) is 0.881. The molecule has 7 heteroatoms. The van der Waals surface area contributed by atoms with Crippen molar-refractivity contribution in [3.8, 4) is 0 Å². The molecule has 1 aromatic carbocycles. The molecular formula is C14H16ClFN2O3. The molecule has 2 atom stereocenters. The van der Waals surface area contributed by atoms with Crippen LogP contribution in [0.5, 0.6) is 0 Å². The van der Waals surface area contributed by atoms with Gasteiger partial charge in [-0.3, -0.25) is 4.79 Å². The molecule has 0 aliphatic carbocycles. The van der Waals surface area contributed by atoms with Gasteiger partial charge in [-0.25, -0.2) is 9.18 Å². The highest BCUT2D eigenvalue weighted by molar-refractivity contribution is 6.31. The van der Waals surface area contributed by atoms with Gasteiger partial charge in [-0.2, -0.15) is 0 Å². The lowest BCUT2D eigenvalue weighted by atomic mass is 9.91. The highest BCUT2D eigenvalue weighted by Crippen LogP contribution is 2.25. The number of carbonyl (C=O) groups is 2. The molecule has 0 radical (unpaired) electrons. The highest BCUT2D eigenvalue weighted by atomic mass is 35.5. The number of carbonyl (C=O) groups excluding carboxylic acids is 1. The van der Waals surface area contributed by atoms with E-state index < -0.39 is 23.7 Å². The number of hydrogen-bond acceptors (Lipinski definition) is 2. The lowest BCUT2D eigenvalue weighted by molar-refractivity contribution is -0.143. The maximum Gasteiger partial charge on any atom is 0.321 e. The molecule has 1 fully saturated rings. The van der Waals surface area contributed by atoms with E-state index in [0.29, 0.717) is 13.0 Å². The number of piperidine rings is 1. The van der Waals surface area contributed by atoms with Crippen LogP contribution in [0.2, 0.25) is 5.02 Å². The van der Waals surface area contributed by atoms with Gasteiger partial charge in [0.1, 0.15) is 0 Å². The van der Waals surface area contributed by atoms with Gasteiger partial charge in [-0.05, 0) is 24.5 Å². The predicted molar refractivity (Wildman–Crippen MR) is 76.9 cm³/mol. The number of halogens is 2. The van der Waals surface area contributed by atoms with Gasteiger partial charge >= 0.3 is 12.0 Å². The summed E-state index contributed by atoms with van der Waals surface area (Å²) in [4.78, 5) is 24.6. The molecule has 21 heavy (non-hydrogen) atoms. The number of nitrogens with zero attached hydrogens (tertiary/aromatic N) is 1. The Morgan fingerprint density at radius 1 is 1.43 bits per heavy atom. The van der Waals surface area contributed by atoms with Crippen molar-refractivity contribution in [3.05, 3.63) is 29.0 Å². The molecule has 0 aromatic heterocycles. The van der Waals surface area contributed by atoms with Crippen molar-refractivity contribution in [3.63, 3.8) is 0 Å². The predicted octanol–water partition coefficient (Wildman–Crippen LogP) is 3.05. The van der Waals surface area contributed by atoms with E-state index in [1.165, 1.54) is 23.1 Å². The lowest BCUT2D eigenvalue weighted by Gasteiger charge is -2.34. The van der Waals surface area contributed by atoms with Crippen LogP contribution in [-0.2, 0) is 4.79 Å². The first-order valence-corrected chi connectivity index (χ1v) is 6.99. The molecule has 0 bridgehead atoms. The monoisotopic (exact) mass is 314 g/mol. The van der Waals surface area contributed by atoms with Crippen LogP contribution >= 0.6 is 11.6 Å². The van der Waals surface area contributed by atoms with E-state index in [-0.39, 0.29) is 23.2 Å². The topological polar surface area (TPSA) is 69.6 Å². The van der Waals surface area contributed by atoms with Crippen LogP contribution in [0, 0.1) is 17.7 Å². The molecule has 5 nitrogen and oxygen atoms in total. The Hall–Kier alpha value is -1.82. The van der Waals surface area contributed by atoms with Crippen molar-refractivity contribution >= 4 is 29.3 Å². The number of carboxylic acid groups (broad SMARTS) is 1. The van der Waals surface area contributed by atoms with Crippen LogP contribution in [-0.4, -0.2) is 35.1 Å². The first-order chi connectivity index (χ1) is 9.88. The van der Waals surface area contributed by atoms with Gasteiger partial charge < -0.3 is 15.3 Å². The summed E-state index contributed by atoms with van der Waals surface area (Å²) in [7, 11) is 0. The van der Waals surface area contributed by atoms with Gasteiger partial charge in [0, 0.05) is 13.1 Å². The third kappa shape index (κ3) is 3.64. The normalized spacial score (nSPS) is 22.0. The third-order valence-corrected chi connectivity index (χ3v) is 3.78. The van der Waals surface area contributed by atoms with E-state index in [2.05, 4.69) is 5.32 Å². The summed E-state index contributed by atoms with van der Waals surface area (Å²) in [6.45, 7) is 2.45. The van der Waals surface area contributed by atoms with Gasteiger partial charge in [0.2, 0.25) is 0 Å². The van der Waals surface area contributed by atoms with Crippen molar-refractivity contribution < 1.29 is 19.1 Å². The Labute approximate surface area is 126 Å². The summed E-state index contributed by atoms with van der Waals surface area (Å²) >= 11 is 5.65. The first-order valence-electron chi connectivity index (χ1n) is 6.61. The minimum absolute atomic E-state index is 0.0161. The number of nitrogens with one attached hydrogen (secondary N) is 1. The summed E-state index contributed by atoms with van der Waals surface area (Å²) < 4.78 is 13.8. The van der Waals surface area contributed by atoms with Gasteiger partial charge in [0.15, 0.2) is 5.82 Å². The molecule has 2 amide bonds. The van der Waals surface area contributed by atoms with Gasteiger partial charge in [-0.1, -0.05) is 24.6 Å².